The fourth-order valence-electron chi connectivity index (χ4n) is 2.42. The van der Waals surface area contributed by atoms with Gasteiger partial charge in [-0.1, -0.05) is 31.5 Å². The van der Waals surface area contributed by atoms with E-state index in [0.717, 1.165) is 25.7 Å². The maximum absolute atomic E-state index is 12.5. The Hall–Kier alpha value is -0.680. The van der Waals surface area contributed by atoms with Crippen molar-refractivity contribution in [3.63, 3.8) is 0 Å². The zero-order valence-electron chi connectivity index (χ0n) is 10.7. The Morgan fingerprint density at radius 2 is 2.00 bits per heavy atom. The van der Waals surface area contributed by atoms with Crippen LogP contribution in [0.3, 0.4) is 0 Å². The van der Waals surface area contributed by atoms with E-state index in [4.69, 9.17) is 22.7 Å². The Labute approximate surface area is 108 Å². The molecule has 0 spiro atoms. The first-order valence-electron chi connectivity index (χ1n) is 6.09. The van der Waals surface area contributed by atoms with Gasteiger partial charge in [-0.25, -0.2) is 0 Å². The average molecular weight is 258 g/mol. The number of hydrogen-bond acceptors (Lipinski definition) is 3. The summed E-state index contributed by atoms with van der Waals surface area (Å²) in [4.78, 5) is 14.5. The molecule has 4 nitrogen and oxygen atoms in total. The number of nitrogens with two attached hydrogens (primary N) is 1. The van der Waals surface area contributed by atoms with Crippen LogP contribution in [0.1, 0.15) is 32.1 Å². The molecule has 0 atom stereocenters. The minimum atomic E-state index is -0.601. The summed E-state index contributed by atoms with van der Waals surface area (Å²) in [6, 6.07) is 0. The van der Waals surface area contributed by atoms with Gasteiger partial charge in [0.1, 0.15) is 0 Å². The largest absolute Gasteiger partial charge is 0.392 e. The van der Waals surface area contributed by atoms with E-state index in [1.165, 1.54) is 6.42 Å². The van der Waals surface area contributed by atoms with E-state index < -0.39 is 5.41 Å². The lowest BCUT2D eigenvalue weighted by Gasteiger charge is -2.37. The van der Waals surface area contributed by atoms with E-state index in [9.17, 15) is 4.79 Å². The molecule has 0 aromatic heterocycles. The fraction of sp³-hybridized carbons (Fsp3) is 0.833. The van der Waals surface area contributed by atoms with E-state index in [2.05, 4.69) is 0 Å². The summed E-state index contributed by atoms with van der Waals surface area (Å²) in [7, 11) is 3.41. The number of thiocarbonyl (C=S) groups is 1. The summed E-state index contributed by atoms with van der Waals surface area (Å²) in [5, 5.41) is 0. The third kappa shape index (κ3) is 3.16. The second-order valence-electron chi connectivity index (χ2n) is 4.73. The molecule has 2 N–H and O–H groups in total. The first-order chi connectivity index (χ1) is 8.04. The van der Waals surface area contributed by atoms with Crippen LogP contribution < -0.4 is 5.73 Å². The van der Waals surface area contributed by atoms with Crippen LogP contribution in [0, 0.1) is 5.41 Å². The molecule has 0 aliphatic heterocycles. The highest BCUT2D eigenvalue weighted by molar-refractivity contribution is 7.80. The molecule has 0 radical (unpaired) electrons. The summed E-state index contributed by atoms with van der Waals surface area (Å²) in [5.74, 6) is 0.0572. The second-order valence-corrected chi connectivity index (χ2v) is 5.17. The van der Waals surface area contributed by atoms with Crippen LogP contribution >= 0.6 is 12.2 Å². The Morgan fingerprint density at radius 1 is 1.41 bits per heavy atom. The lowest BCUT2D eigenvalue weighted by Crippen LogP contribution is -2.51. The van der Waals surface area contributed by atoms with E-state index in [1.807, 2.05) is 0 Å². The normalized spacial score (nSPS) is 18.7. The topological polar surface area (TPSA) is 55.6 Å². The van der Waals surface area contributed by atoms with Gasteiger partial charge in [0.2, 0.25) is 5.91 Å². The minimum absolute atomic E-state index is 0.0572. The lowest BCUT2D eigenvalue weighted by atomic mass is 9.73. The molecule has 1 amide bonds. The van der Waals surface area contributed by atoms with Crippen molar-refractivity contribution in [2.75, 3.05) is 27.3 Å². The van der Waals surface area contributed by atoms with Gasteiger partial charge in [-0.2, -0.15) is 0 Å². The number of nitrogens with zero attached hydrogens (tertiary/aromatic N) is 1. The molecule has 0 aromatic carbocycles. The molecular weight excluding hydrogens is 236 g/mol. The zero-order valence-corrected chi connectivity index (χ0v) is 11.5. The van der Waals surface area contributed by atoms with Gasteiger partial charge < -0.3 is 15.4 Å². The maximum Gasteiger partial charge on any atom is 0.235 e. The molecule has 1 aliphatic rings. The molecule has 98 valence electrons. The third-order valence-electron chi connectivity index (χ3n) is 3.57. The summed E-state index contributed by atoms with van der Waals surface area (Å²) in [5.41, 5.74) is 5.22. The van der Waals surface area contributed by atoms with Gasteiger partial charge in [0, 0.05) is 20.7 Å². The monoisotopic (exact) mass is 258 g/mol. The van der Waals surface area contributed by atoms with Crippen LogP contribution in [-0.2, 0) is 9.53 Å². The molecule has 0 aromatic rings. The van der Waals surface area contributed by atoms with Gasteiger partial charge in [0.25, 0.3) is 0 Å². The maximum atomic E-state index is 12.5. The van der Waals surface area contributed by atoms with Gasteiger partial charge in [-0.3, -0.25) is 4.79 Å². The van der Waals surface area contributed by atoms with Crippen molar-refractivity contribution in [2.24, 2.45) is 11.1 Å². The minimum Gasteiger partial charge on any atom is -0.392 e. The molecule has 1 rings (SSSR count). The highest BCUT2D eigenvalue weighted by Gasteiger charge is 2.43. The van der Waals surface area contributed by atoms with Crippen molar-refractivity contribution < 1.29 is 9.53 Å². The number of likely N-dealkylation sites (N-methyl/N-ethyl adjacent to an activating group) is 1. The van der Waals surface area contributed by atoms with Crippen molar-refractivity contribution in [1.29, 1.82) is 0 Å². The van der Waals surface area contributed by atoms with Crippen LogP contribution in [0.15, 0.2) is 0 Å². The first-order valence-corrected chi connectivity index (χ1v) is 6.50. The second kappa shape index (κ2) is 6.31. The third-order valence-corrected chi connectivity index (χ3v) is 3.96. The SMILES string of the molecule is COCCN(C)C(=O)C1(C(N)=S)CCCCC1. The molecule has 1 fully saturated rings. The van der Waals surface area contributed by atoms with Crippen LogP contribution in [-0.4, -0.2) is 43.1 Å². The molecule has 1 aliphatic carbocycles. The summed E-state index contributed by atoms with van der Waals surface area (Å²) in [6.07, 6.45) is 4.80. The molecule has 0 bridgehead atoms. The summed E-state index contributed by atoms with van der Waals surface area (Å²) >= 11 is 5.13. The Bertz CT molecular complexity index is 288. The van der Waals surface area contributed by atoms with Gasteiger partial charge in [-0.15, -0.1) is 0 Å². The number of carbonyl (C=O) groups is 1. The van der Waals surface area contributed by atoms with Gasteiger partial charge in [0.05, 0.1) is 17.0 Å². The number of amides is 1. The number of rotatable bonds is 5. The van der Waals surface area contributed by atoms with E-state index in [-0.39, 0.29) is 5.91 Å². The van der Waals surface area contributed by atoms with Crippen LogP contribution in [0.4, 0.5) is 0 Å². The highest BCUT2D eigenvalue weighted by Crippen LogP contribution is 2.38. The number of ether oxygens (including phenoxy) is 1. The molecule has 1 saturated carbocycles. The van der Waals surface area contributed by atoms with Crippen molar-refractivity contribution in [1.82, 2.24) is 4.90 Å². The van der Waals surface area contributed by atoms with Gasteiger partial charge in [-0.05, 0) is 12.8 Å². The van der Waals surface area contributed by atoms with E-state index >= 15 is 0 Å². The van der Waals surface area contributed by atoms with Crippen molar-refractivity contribution in [3.05, 3.63) is 0 Å². The smallest absolute Gasteiger partial charge is 0.235 e. The van der Waals surface area contributed by atoms with Crippen molar-refractivity contribution in [2.45, 2.75) is 32.1 Å². The zero-order chi connectivity index (χ0) is 12.9. The molecule has 0 saturated heterocycles. The Morgan fingerprint density at radius 3 is 2.47 bits per heavy atom. The average Bonchev–Trinajstić information content (AvgIpc) is 2.35. The van der Waals surface area contributed by atoms with Crippen LogP contribution in [0.5, 0.6) is 0 Å². The fourth-order valence-corrected chi connectivity index (χ4v) is 2.71. The first kappa shape index (κ1) is 14.4. The predicted molar refractivity (Wildman–Crippen MR) is 71.8 cm³/mol. The number of hydrogen-bond donors (Lipinski definition) is 1. The van der Waals surface area contributed by atoms with Gasteiger partial charge in [0.15, 0.2) is 0 Å². The molecule has 0 unspecified atom stereocenters. The number of carbonyl (C=O) groups excluding carboxylic acids is 1. The van der Waals surface area contributed by atoms with Crippen LogP contribution in [0.25, 0.3) is 0 Å². The molecule has 5 heteroatoms. The van der Waals surface area contributed by atoms with Gasteiger partial charge >= 0.3 is 0 Å². The van der Waals surface area contributed by atoms with E-state index in [0.29, 0.717) is 18.1 Å². The van der Waals surface area contributed by atoms with Crippen molar-refractivity contribution >= 4 is 23.1 Å². The highest BCUT2D eigenvalue weighted by atomic mass is 32.1. The Balaban J connectivity index is 2.76. The molecule has 17 heavy (non-hydrogen) atoms. The summed E-state index contributed by atoms with van der Waals surface area (Å²) < 4.78 is 4.99. The summed E-state index contributed by atoms with van der Waals surface area (Å²) in [6.45, 7) is 1.12. The molecule has 0 heterocycles. The quantitative estimate of drug-likeness (QED) is 0.756. The van der Waals surface area contributed by atoms with Crippen molar-refractivity contribution in [3.8, 4) is 0 Å². The predicted octanol–water partition coefficient (Wildman–Crippen LogP) is 1.33. The van der Waals surface area contributed by atoms with Crippen LogP contribution in [0.2, 0.25) is 0 Å². The standard InChI is InChI=1S/C12H22N2O2S/c1-14(8-9-16-2)11(15)12(10(13)17)6-4-3-5-7-12/h3-9H2,1-2H3,(H2,13,17). The Kier molecular flexibility index (Phi) is 5.33. The van der Waals surface area contributed by atoms with E-state index in [1.54, 1.807) is 19.1 Å². The number of methoxy groups -OCH3 is 1. The molecular formula is C12H22N2O2S. The lowest BCUT2D eigenvalue weighted by molar-refractivity contribution is -0.138.